The summed E-state index contributed by atoms with van der Waals surface area (Å²) >= 11 is 3.68. The second kappa shape index (κ2) is 18.7. The first-order valence-electron chi connectivity index (χ1n) is 20.0. The normalized spacial score (nSPS) is 15.6. The van der Waals surface area contributed by atoms with Gasteiger partial charge >= 0.3 is 0 Å². The number of halogens is 1. The van der Waals surface area contributed by atoms with Crippen molar-refractivity contribution in [3.8, 4) is 17.2 Å². The van der Waals surface area contributed by atoms with Gasteiger partial charge in [0.15, 0.2) is 0 Å². The van der Waals surface area contributed by atoms with Crippen LogP contribution >= 0.6 is 15.9 Å². The smallest absolute Gasteiger partial charge is 0.135 e. The molecule has 0 atom stereocenters. The first-order chi connectivity index (χ1) is 28.1. The Bertz CT molecular complexity index is 2200. The predicted octanol–water partition coefficient (Wildman–Crippen LogP) is 11.2. The number of benzene rings is 7. The summed E-state index contributed by atoms with van der Waals surface area (Å²) in [6.07, 6.45) is 1.71. The Morgan fingerprint density at radius 3 is 1.16 bits per heavy atom. The van der Waals surface area contributed by atoms with E-state index in [9.17, 15) is 0 Å². The van der Waals surface area contributed by atoms with E-state index in [2.05, 4.69) is 113 Å². The van der Waals surface area contributed by atoms with E-state index in [0.29, 0.717) is 66.1 Å². The van der Waals surface area contributed by atoms with E-state index in [4.69, 9.17) is 33.2 Å². The maximum absolute atomic E-state index is 6.58. The molecule has 8 heteroatoms. The van der Waals surface area contributed by atoms with E-state index < -0.39 is 0 Å². The fraction of sp³-hybridized carbons (Fsp3) is 0.306. The molecule has 0 aromatic heterocycles. The van der Waals surface area contributed by atoms with Crippen LogP contribution in [-0.4, -0.2) is 59.0 Å². The van der Waals surface area contributed by atoms with Crippen molar-refractivity contribution in [3.63, 3.8) is 0 Å². The summed E-state index contributed by atoms with van der Waals surface area (Å²) in [6.45, 7) is 8.32. The van der Waals surface area contributed by atoms with Gasteiger partial charge in [0.05, 0.1) is 59.0 Å². The van der Waals surface area contributed by atoms with Crippen molar-refractivity contribution in [1.82, 2.24) is 0 Å². The van der Waals surface area contributed by atoms with Crippen LogP contribution in [0.1, 0.15) is 36.1 Å². The van der Waals surface area contributed by atoms with Crippen molar-refractivity contribution >= 4 is 59.0 Å². The molecule has 57 heavy (non-hydrogen) atoms. The first-order valence-corrected chi connectivity index (χ1v) is 20.7. The van der Waals surface area contributed by atoms with Crippen LogP contribution in [-0.2, 0) is 45.0 Å². The molecule has 7 aromatic carbocycles. The molecule has 0 aliphatic carbocycles. The number of aryl methyl sites for hydroxylation is 2. The minimum Gasteiger partial charge on any atom is -0.490 e. The lowest BCUT2D eigenvalue weighted by Gasteiger charge is -2.20. The molecule has 294 valence electrons. The molecule has 0 amide bonds. The highest BCUT2D eigenvalue weighted by Crippen LogP contribution is 2.42. The van der Waals surface area contributed by atoms with Crippen LogP contribution in [0, 0.1) is 0 Å². The zero-order valence-corrected chi connectivity index (χ0v) is 34.3. The second-order valence-corrected chi connectivity index (χ2v) is 15.5. The van der Waals surface area contributed by atoms with E-state index in [-0.39, 0.29) is 6.10 Å². The Morgan fingerprint density at radius 2 is 0.789 bits per heavy atom. The lowest BCUT2D eigenvalue weighted by Crippen LogP contribution is -2.14. The van der Waals surface area contributed by atoms with Gasteiger partial charge in [-0.15, -0.1) is 0 Å². The van der Waals surface area contributed by atoms with Gasteiger partial charge in [0.1, 0.15) is 30.5 Å². The Balaban J connectivity index is 1.12. The molecule has 0 fully saturated rings. The Morgan fingerprint density at radius 1 is 0.456 bits per heavy atom. The molecule has 0 N–H and O–H groups in total. The molecule has 2 heterocycles. The minimum absolute atomic E-state index is 0.00961. The summed E-state index contributed by atoms with van der Waals surface area (Å²) in [4.78, 5) is 0. The highest BCUT2D eigenvalue weighted by Gasteiger charge is 2.19. The molecule has 0 unspecified atom stereocenters. The zero-order valence-electron chi connectivity index (χ0n) is 32.7. The van der Waals surface area contributed by atoms with Crippen molar-refractivity contribution in [3.05, 3.63) is 136 Å². The number of fused-ring (bicyclic) bond motifs is 16. The third-order valence-corrected chi connectivity index (χ3v) is 10.8. The highest BCUT2D eigenvalue weighted by molar-refractivity contribution is 9.10. The molecule has 2 aliphatic heterocycles. The second-order valence-electron chi connectivity index (χ2n) is 14.5. The van der Waals surface area contributed by atoms with Crippen LogP contribution < -0.4 is 14.2 Å². The zero-order chi connectivity index (χ0) is 39.0. The largest absolute Gasteiger partial charge is 0.490 e. The molecule has 6 bridgehead atoms. The number of hydrogen-bond donors (Lipinski definition) is 0. The number of rotatable bonds is 2. The van der Waals surface area contributed by atoms with Crippen molar-refractivity contribution in [1.29, 1.82) is 0 Å². The highest BCUT2D eigenvalue weighted by atomic mass is 79.9. The van der Waals surface area contributed by atoms with Gasteiger partial charge in [-0.1, -0.05) is 113 Å². The third-order valence-electron chi connectivity index (χ3n) is 10.4. The van der Waals surface area contributed by atoms with Crippen LogP contribution in [0.15, 0.2) is 114 Å². The van der Waals surface area contributed by atoms with E-state index in [1.165, 1.54) is 32.7 Å². The molecular formula is C49H49BrO7. The Hall–Kier alpha value is -4.70. The first kappa shape index (κ1) is 39.1. The summed E-state index contributed by atoms with van der Waals surface area (Å²) in [6, 6.07) is 38.6. The van der Waals surface area contributed by atoms with Crippen molar-refractivity contribution in [2.24, 2.45) is 0 Å². The average Bonchev–Trinajstić information content (AvgIpc) is 3.22. The lowest BCUT2D eigenvalue weighted by molar-refractivity contribution is 0.0274. The van der Waals surface area contributed by atoms with Crippen LogP contribution in [0.3, 0.4) is 0 Å². The maximum atomic E-state index is 6.58. The van der Waals surface area contributed by atoms with Gasteiger partial charge in [-0.3, -0.25) is 0 Å². The summed E-state index contributed by atoms with van der Waals surface area (Å²) in [5, 5.41) is 9.27. The van der Waals surface area contributed by atoms with Gasteiger partial charge < -0.3 is 33.2 Å². The molecule has 0 saturated carbocycles. The molecule has 2 aliphatic rings. The maximum Gasteiger partial charge on any atom is 0.135 e. The average molecular weight is 830 g/mol. The van der Waals surface area contributed by atoms with E-state index in [1.54, 1.807) is 0 Å². The monoisotopic (exact) mass is 828 g/mol. The summed E-state index contributed by atoms with van der Waals surface area (Å²) < 4.78 is 44.6. The number of ether oxygens (including phenoxy) is 7. The molecular weight excluding hydrogens is 780 g/mol. The van der Waals surface area contributed by atoms with Gasteiger partial charge in [-0.25, -0.2) is 0 Å². The quantitative estimate of drug-likeness (QED) is 0.127. The van der Waals surface area contributed by atoms with Gasteiger partial charge in [0.2, 0.25) is 0 Å². The standard InChI is InChI=1S/C49H49BrO7/c1-33(2)57-47-34-29-36(50)30-35(47)32-54-24-22-52-26-28-56-49-45-17-9-5-13-39(45)42(40-14-6-10-18-46(40)49)20-19-41-37-11-3-7-15-43(37)48(44-16-8-4-12-38(41)44)55-27-25-51-21-23-53-31-34/h3-18,29-30,33H,19-28,31-32H2,1-2H3. The minimum atomic E-state index is -0.00961. The Labute approximate surface area is 342 Å². The Kier molecular flexibility index (Phi) is 12.8. The molecule has 0 radical (unpaired) electrons. The molecule has 7 nitrogen and oxygen atoms in total. The van der Waals surface area contributed by atoms with Gasteiger partial charge in [0, 0.05) is 37.1 Å². The molecule has 7 aromatic rings. The van der Waals surface area contributed by atoms with Crippen LogP contribution in [0.5, 0.6) is 17.2 Å². The van der Waals surface area contributed by atoms with Gasteiger partial charge in [0.25, 0.3) is 0 Å². The third kappa shape index (κ3) is 8.91. The summed E-state index contributed by atoms with van der Waals surface area (Å²) in [5.74, 6) is 2.57. The fourth-order valence-electron chi connectivity index (χ4n) is 7.98. The number of hydrogen-bond acceptors (Lipinski definition) is 7. The van der Waals surface area contributed by atoms with E-state index >= 15 is 0 Å². The lowest BCUT2D eigenvalue weighted by atomic mass is 9.88. The van der Waals surface area contributed by atoms with Crippen LogP contribution in [0.4, 0.5) is 0 Å². The van der Waals surface area contributed by atoms with Crippen molar-refractivity contribution in [2.45, 2.75) is 46.0 Å². The van der Waals surface area contributed by atoms with Gasteiger partial charge in [-0.05, 0) is 71.5 Å². The van der Waals surface area contributed by atoms with Crippen molar-refractivity contribution in [2.75, 3.05) is 52.9 Å². The van der Waals surface area contributed by atoms with Gasteiger partial charge in [-0.2, -0.15) is 0 Å². The molecule has 0 spiro atoms. The van der Waals surface area contributed by atoms with Crippen molar-refractivity contribution < 1.29 is 33.2 Å². The predicted molar refractivity (Wildman–Crippen MR) is 232 cm³/mol. The fourth-order valence-corrected chi connectivity index (χ4v) is 8.53. The van der Waals surface area contributed by atoms with E-state index in [1.807, 2.05) is 26.0 Å². The topological polar surface area (TPSA) is 64.6 Å². The SMILES string of the molecule is CC(C)Oc1c2cc(Br)cc1COCCOCCOc1c3ccccc3c(c3ccccc13)CCc1c3ccccc3c(c3ccccc13)OCCOCCOC2. The van der Waals surface area contributed by atoms with Crippen LogP contribution in [0.2, 0.25) is 0 Å². The van der Waals surface area contributed by atoms with E-state index in [0.717, 1.165) is 67.2 Å². The summed E-state index contributed by atoms with van der Waals surface area (Å²) in [5.41, 5.74) is 4.54. The molecule has 9 rings (SSSR count). The molecule has 0 saturated heterocycles. The summed E-state index contributed by atoms with van der Waals surface area (Å²) in [7, 11) is 0. The van der Waals surface area contributed by atoms with Crippen LogP contribution in [0.25, 0.3) is 43.1 Å².